The predicted molar refractivity (Wildman–Crippen MR) is 77.7 cm³/mol. The van der Waals surface area contributed by atoms with Crippen molar-refractivity contribution in [3.05, 3.63) is 53.0 Å². The second kappa shape index (κ2) is 6.13. The van der Waals surface area contributed by atoms with E-state index in [0.29, 0.717) is 16.7 Å². The third kappa shape index (κ3) is 3.22. The smallest absolute Gasteiger partial charge is 0.429 e. The maximum absolute atomic E-state index is 11.9. The van der Waals surface area contributed by atoms with Crippen LogP contribution >= 0.6 is 0 Å². The van der Waals surface area contributed by atoms with Gasteiger partial charge in [-0.1, -0.05) is 18.7 Å². The van der Waals surface area contributed by atoms with Gasteiger partial charge in [-0.25, -0.2) is 14.2 Å². The minimum Gasteiger partial charge on any atom is -0.429 e. The quantitative estimate of drug-likeness (QED) is 0.491. The van der Waals surface area contributed by atoms with E-state index < -0.39 is 11.9 Å². The summed E-state index contributed by atoms with van der Waals surface area (Å²) < 4.78 is 16.1. The molecule has 0 bridgehead atoms. The molecule has 6 nitrogen and oxygen atoms in total. The number of hydrogen-bond donors (Lipinski definition) is 0. The molecule has 0 aliphatic heterocycles. The molecule has 0 atom stereocenters. The van der Waals surface area contributed by atoms with E-state index in [-0.39, 0.29) is 12.5 Å². The normalized spacial score (nSPS) is 11.4. The van der Waals surface area contributed by atoms with Crippen molar-refractivity contribution in [1.29, 1.82) is 0 Å². The maximum Gasteiger partial charge on any atom is 0.515 e. The molecule has 0 saturated carbocycles. The highest BCUT2D eigenvalue weighted by Crippen LogP contribution is 2.17. The van der Waals surface area contributed by atoms with E-state index in [2.05, 4.69) is 6.58 Å². The van der Waals surface area contributed by atoms with Gasteiger partial charge < -0.3 is 13.9 Å². The minimum atomic E-state index is -0.914. The third-order valence-electron chi connectivity index (χ3n) is 2.58. The van der Waals surface area contributed by atoms with Gasteiger partial charge in [0.15, 0.2) is 5.58 Å². The summed E-state index contributed by atoms with van der Waals surface area (Å²) in [5, 5.41) is 0. The van der Waals surface area contributed by atoms with Gasteiger partial charge in [-0.05, 0) is 37.6 Å². The summed E-state index contributed by atoms with van der Waals surface area (Å²) in [6, 6.07) is 6.83. The Balaban J connectivity index is 2.29. The van der Waals surface area contributed by atoms with Crippen LogP contribution in [-0.2, 0) is 9.47 Å². The lowest BCUT2D eigenvalue weighted by Crippen LogP contribution is -2.18. The predicted octanol–water partition coefficient (Wildman–Crippen LogP) is 3.14. The van der Waals surface area contributed by atoms with Gasteiger partial charge in [-0.2, -0.15) is 0 Å². The number of fused-ring (bicyclic) bond motifs is 1. The number of para-hydroxylation sites is 2. The van der Waals surface area contributed by atoms with Crippen molar-refractivity contribution in [1.82, 2.24) is 4.57 Å². The van der Waals surface area contributed by atoms with Gasteiger partial charge in [0.1, 0.15) is 6.61 Å². The summed E-state index contributed by atoms with van der Waals surface area (Å²) in [5.74, 6) is -0.617. The Bertz CT molecular complexity index is 766. The number of benzene rings is 1. The molecule has 0 unspecified atom stereocenters. The Kier molecular flexibility index (Phi) is 4.27. The minimum absolute atomic E-state index is 0.0247. The molecule has 1 aromatic heterocycles. The molecular weight excluding hydrogens is 274 g/mol. The number of rotatable bonds is 4. The third-order valence-corrected chi connectivity index (χ3v) is 2.58. The number of oxazole rings is 1. The monoisotopic (exact) mass is 289 g/mol. The average molecular weight is 289 g/mol. The van der Waals surface area contributed by atoms with Crippen molar-refractivity contribution in [2.45, 2.75) is 13.8 Å². The van der Waals surface area contributed by atoms with E-state index in [4.69, 9.17) is 13.9 Å². The Morgan fingerprint density at radius 3 is 2.81 bits per heavy atom. The van der Waals surface area contributed by atoms with Crippen LogP contribution < -0.4 is 5.76 Å². The van der Waals surface area contributed by atoms with Crippen molar-refractivity contribution < 1.29 is 18.7 Å². The van der Waals surface area contributed by atoms with Crippen LogP contribution in [0.1, 0.15) is 13.8 Å². The van der Waals surface area contributed by atoms with Crippen molar-refractivity contribution in [3.8, 4) is 0 Å². The number of carbonyl (C=O) groups is 1. The molecule has 2 aromatic rings. The zero-order valence-electron chi connectivity index (χ0n) is 11.8. The van der Waals surface area contributed by atoms with Gasteiger partial charge in [-0.3, -0.25) is 0 Å². The molecule has 110 valence electrons. The van der Waals surface area contributed by atoms with Crippen LogP contribution in [0, 0.1) is 0 Å². The molecule has 1 heterocycles. The first-order valence-corrected chi connectivity index (χ1v) is 6.29. The van der Waals surface area contributed by atoms with Gasteiger partial charge in [-0.15, -0.1) is 0 Å². The largest absolute Gasteiger partial charge is 0.515 e. The SMILES string of the molecule is C=C(C)COC(=O)O/C(=C/C)n1c(=O)oc2ccccc21. The summed E-state index contributed by atoms with van der Waals surface area (Å²) in [5.41, 5.74) is 1.59. The zero-order valence-corrected chi connectivity index (χ0v) is 11.8. The molecule has 0 saturated heterocycles. The molecule has 1 aromatic carbocycles. The number of ether oxygens (including phenoxy) is 2. The van der Waals surface area contributed by atoms with Crippen molar-refractivity contribution in [2.24, 2.45) is 0 Å². The molecule has 0 aliphatic rings. The van der Waals surface area contributed by atoms with Gasteiger partial charge in [0.25, 0.3) is 0 Å². The first-order valence-electron chi connectivity index (χ1n) is 6.29. The van der Waals surface area contributed by atoms with Crippen molar-refractivity contribution in [2.75, 3.05) is 6.61 Å². The van der Waals surface area contributed by atoms with Crippen molar-refractivity contribution in [3.63, 3.8) is 0 Å². The molecule has 0 amide bonds. The van der Waals surface area contributed by atoms with Crippen LogP contribution in [0.5, 0.6) is 0 Å². The first-order chi connectivity index (χ1) is 10.0. The van der Waals surface area contributed by atoms with Gasteiger partial charge >= 0.3 is 11.9 Å². The number of nitrogens with zero attached hydrogens (tertiary/aromatic N) is 1. The van der Waals surface area contributed by atoms with Crippen LogP contribution in [0.2, 0.25) is 0 Å². The van der Waals surface area contributed by atoms with E-state index in [0.717, 1.165) is 4.57 Å². The number of allylic oxidation sites excluding steroid dienone is 1. The molecule has 0 fully saturated rings. The summed E-state index contributed by atoms with van der Waals surface area (Å²) >= 11 is 0. The summed E-state index contributed by atoms with van der Waals surface area (Å²) in [6.07, 6.45) is 0.564. The highest BCUT2D eigenvalue weighted by atomic mass is 16.7. The molecule has 2 rings (SSSR count). The Morgan fingerprint density at radius 1 is 1.43 bits per heavy atom. The Morgan fingerprint density at radius 2 is 2.14 bits per heavy atom. The lowest BCUT2D eigenvalue weighted by molar-refractivity contribution is 0.0951. The highest BCUT2D eigenvalue weighted by molar-refractivity contribution is 5.77. The zero-order chi connectivity index (χ0) is 15.4. The molecule has 0 aliphatic carbocycles. The molecule has 0 radical (unpaired) electrons. The fraction of sp³-hybridized carbons (Fsp3) is 0.200. The Labute approximate surface area is 120 Å². The van der Waals surface area contributed by atoms with E-state index in [1.807, 2.05) is 0 Å². The fourth-order valence-corrected chi connectivity index (χ4v) is 1.71. The van der Waals surface area contributed by atoms with Crippen LogP contribution in [0.25, 0.3) is 17.0 Å². The van der Waals surface area contributed by atoms with Gasteiger partial charge in [0.2, 0.25) is 5.88 Å². The van der Waals surface area contributed by atoms with Crippen molar-refractivity contribution >= 4 is 23.1 Å². The van der Waals surface area contributed by atoms with E-state index in [1.54, 1.807) is 38.1 Å². The lowest BCUT2D eigenvalue weighted by atomic mass is 10.3. The standard InChI is InChI=1S/C15H15NO5/c1-4-13(21-15(18)19-9-10(2)3)16-11-7-5-6-8-12(11)20-14(16)17/h4-8H,2,9H2,1,3H3/b13-4+. The lowest BCUT2D eigenvalue weighted by Gasteiger charge is -2.09. The molecular formula is C15H15NO5. The van der Waals surface area contributed by atoms with Gasteiger partial charge in [0, 0.05) is 0 Å². The summed E-state index contributed by atoms with van der Waals surface area (Å²) in [4.78, 5) is 23.5. The molecule has 21 heavy (non-hydrogen) atoms. The van der Waals surface area contributed by atoms with E-state index >= 15 is 0 Å². The average Bonchev–Trinajstić information content (AvgIpc) is 2.78. The first kappa shape index (κ1) is 14.6. The van der Waals surface area contributed by atoms with Crippen LogP contribution in [0.3, 0.4) is 0 Å². The van der Waals surface area contributed by atoms with E-state index in [1.165, 1.54) is 6.08 Å². The summed E-state index contributed by atoms with van der Waals surface area (Å²) in [7, 11) is 0. The maximum atomic E-state index is 11.9. The molecule has 6 heteroatoms. The highest BCUT2D eigenvalue weighted by Gasteiger charge is 2.16. The topological polar surface area (TPSA) is 70.7 Å². The number of aromatic nitrogens is 1. The fourth-order valence-electron chi connectivity index (χ4n) is 1.71. The summed E-state index contributed by atoms with van der Waals surface area (Å²) in [6.45, 7) is 7.02. The molecule has 0 N–H and O–H groups in total. The number of hydrogen-bond acceptors (Lipinski definition) is 5. The van der Waals surface area contributed by atoms with Crippen LogP contribution in [-0.4, -0.2) is 17.3 Å². The second-order valence-corrected chi connectivity index (χ2v) is 4.40. The van der Waals surface area contributed by atoms with Gasteiger partial charge in [0.05, 0.1) is 5.52 Å². The molecule has 0 spiro atoms. The van der Waals surface area contributed by atoms with Crippen LogP contribution in [0.4, 0.5) is 4.79 Å². The second-order valence-electron chi connectivity index (χ2n) is 4.40. The number of carbonyl (C=O) groups excluding carboxylic acids is 1. The van der Waals surface area contributed by atoms with Crippen LogP contribution in [0.15, 0.2) is 51.7 Å². The van der Waals surface area contributed by atoms with E-state index in [9.17, 15) is 9.59 Å². The Hall–Kier alpha value is -2.76.